The molecule has 1 N–H and O–H groups in total. The number of hydrogen-bond acceptors (Lipinski definition) is 4. The van der Waals surface area contributed by atoms with Crippen LogP contribution in [0.1, 0.15) is 38.4 Å². The van der Waals surface area contributed by atoms with Gasteiger partial charge in [-0.15, -0.1) is 0 Å². The summed E-state index contributed by atoms with van der Waals surface area (Å²) in [5.41, 5.74) is -1.08. The average molecular weight is 321 g/mol. The van der Waals surface area contributed by atoms with Crippen molar-refractivity contribution in [3.8, 4) is 0 Å². The van der Waals surface area contributed by atoms with E-state index in [9.17, 15) is 13.5 Å². The van der Waals surface area contributed by atoms with E-state index >= 15 is 0 Å². The highest BCUT2D eigenvalue weighted by atomic mass is 35.5. The number of imidazole rings is 1. The third-order valence-electron chi connectivity index (χ3n) is 4.07. The molecule has 1 aliphatic rings. The van der Waals surface area contributed by atoms with Gasteiger partial charge in [0.15, 0.2) is 9.84 Å². The molecule has 20 heavy (non-hydrogen) atoms. The molecular weight excluding hydrogens is 300 g/mol. The highest BCUT2D eigenvalue weighted by molar-refractivity contribution is 7.90. The summed E-state index contributed by atoms with van der Waals surface area (Å²) in [6.07, 6.45) is 4.29. The van der Waals surface area contributed by atoms with Gasteiger partial charge in [0, 0.05) is 7.05 Å². The fourth-order valence-electron chi connectivity index (χ4n) is 2.66. The van der Waals surface area contributed by atoms with Crippen LogP contribution in [0, 0.1) is 5.92 Å². The molecule has 2 rings (SSSR count). The molecule has 0 aromatic carbocycles. The Hall–Kier alpha value is -0.590. The van der Waals surface area contributed by atoms with Crippen LogP contribution >= 0.6 is 11.6 Å². The molecule has 0 atom stereocenters. The van der Waals surface area contributed by atoms with Crippen LogP contribution in [0.5, 0.6) is 0 Å². The molecule has 0 amide bonds. The summed E-state index contributed by atoms with van der Waals surface area (Å²) in [6.45, 7) is 2.13. The van der Waals surface area contributed by atoms with E-state index in [1.54, 1.807) is 11.6 Å². The van der Waals surface area contributed by atoms with Crippen LogP contribution in [-0.4, -0.2) is 34.4 Å². The lowest BCUT2D eigenvalue weighted by Crippen LogP contribution is -2.41. The quantitative estimate of drug-likeness (QED) is 0.920. The van der Waals surface area contributed by atoms with Crippen LogP contribution in [-0.2, 0) is 22.6 Å². The summed E-state index contributed by atoms with van der Waals surface area (Å²) >= 11 is 5.85. The summed E-state index contributed by atoms with van der Waals surface area (Å²) in [6, 6.07) is 0. The minimum absolute atomic E-state index is 0.186. The minimum Gasteiger partial charge on any atom is -0.389 e. The molecule has 1 aromatic rings. The van der Waals surface area contributed by atoms with Crippen molar-refractivity contribution in [1.29, 1.82) is 0 Å². The molecule has 0 spiro atoms. The van der Waals surface area contributed by atoms with E-state index in [0.29, 0.717) is 29.7 Å². The largest absolute Gasteiger partial charge is 0.389 e. The fraction of sp³-hybridized carbons (Fsp3) is 0.769. The molecule has 114 valence electrons. The third kappa shape index (κ3) is 3.74. The van der Waals surface area contributed by atoms with Crippen molar-refractivity contribution >= 4 is 21.4 Å². The Labute approximate surface area is 124 Å². The zero-order chi connectivity index (χ0) is 15.0. The van der Waals surface area contributed by atoms with Crippen molar-refractivity contribution in [2.75, 3.05) is 5.75 Å². The van der Waals surface area contributed by atoms with Gasteiger partial charge in [-0.2, -0.15) is 0 Å². The monoisotopic (exact) mass is 320 g/mol. The van der Waals surface area contributed by atoms with Gasteiger partial charge in [0.2, 0.25) is 0 Å². The second kappa shape index (κ2) is 5.66. The van der Waals surface area contributed by atoms with E-state index in [0.717, 1.165) is 12.8 Å². The molecule has 0 saturated heterocycles. The van der Waals surface area contributed by atoms with Crippen molar-refractivity contribution in [1.82, 2.24) is 9.55 Å². The fourth-order valence-corrected chi connectivity index (χ4v) is 4.68. The zero-order valence-corrected chi connectivity index (χ0v) is 13.4. The standard InChI is InChI=1S/C13H21ClN2O3S/c1-10-3-5-13(17,6-4-10)9-20(18,19)8-12-15-7-11(14)16(12)2/h7,10,17H,3-6,8-9H2,1-2H3. The molecule has 1 saturated carbocycles. The van der Waals surface area contributed by atoms with Gasteiger partial charge in [0.1, 0.15) is 16.7 Å². The smallest absolute Gasteiger partial charge is 0.160 e. The van der Waals surface area contributed by atoms with Gasteiger partial charge < -0.3 is 9.67 Å². The predicted molar refractivity (Wildman–Crippen MR) is 78.3 cm³/mol. The average Bonchev–Trinajstić information content (AvgIpc) is 2.64. The van der Waals surface area contributed by atoms with E-state index in [2.05, 4.69) is 11.9 Å². The number of sulfone groups is 1. The molecule has 1 aliphatic carbocycles. The van der Waals surface area contributed by atoms with Crippen LogP contribution in [0.15, 0.2) is 6.20 Å². The second-order valence-electron chi connectivity index (χ2n) is 6.00. The van der Waals surface area contributed by atoms with Crippen LogP contribution in [0.3, 0.4) is 0 Å². The van der Waals surface area contributed by atoms with Crippen molar-refractivity contribution in [3.05, 3.63) is 17.2 Å². The maximum Gasteiger partial charge on any atom is 0.160 e. The Morgan fingerprint density at radius 1 is 1.50 bits per heavy atom. The normalized spacial score (nSPS) is 27.7. The van der Waals surface area contributed by atoms with Crippen molar-refractivity contribution < 1.29 is 13.5 Å². The molecule has 1 fully saturated rings. The summed E-state index contributed by atoms with van der Waals surface area (Å²) in [7, 11) is -1.73. The van der Waals surface area contributed by atoms with Gasteiger partial charge in [-0.1, -0.05) is 18.5 Å². The number of halogens is 1. The zero-order valence-electron chi connectivity index (χ0n) is 11.8. The maximum absolute atomic E-state index is 12.3. The first kappa shape index (κ1) is 15.8. The minimum atomic E-state index is -3.41. The third-order valence-corrected chi connectivity index (χ3v) is 6.10. The van der Waals surface area contributed by atoms with Crippen LogP contribution in [0.25, 0.3) is 0 Å². The topological polar surface area (TPSA) is 72.2 Å². The molecule has 0 radical (unpaired) electrons. The summed E-state index contributed by atoms with van der Waals surface area (Å²) in [5.74, 6) is 0.583. The van der Waals surface area contributed by atoms with Crippen molar-refractivity contribution in [3.63, 3.8) is 0 Å². The Bertz CT molecular complexity index is 574. The van der Waals surface area contributed by atoms with E-state index in [-0.39, 0.29) is 11.5 Å². The predicted octanol–water partition coefficient (Wildman–Crippen LogP) is 1.93. The Balaban J connectivity index is 2.06. The first-order valence-corrected chi connectivity index (χ1v) is 9.00. The lowest BCUT2D eigenvalue weighted by Gasteiger charge is -2.34. The van der Waals surface area contributed by atoms with Gasteiger partial charge in [-0.3, -0.25) is 0 Å². The number of aromatic nitrogens is 2. The van der Waals surface area contributed by atoms with E-state index in [4.69, 9.17) is 11.6 Å². The number of aliphatic hydroxyl groups is 1. The Morgan fingerprint density at radius 2 is 2.10 bits per heavy atom. The first-order valence-electron chi connectivity index (χ1n) is 6.80. The van der Waals surface area contributed by atoms with Gasteiger partial charge in [0.25, 0.3) is 0 Å². The van der Waals surface area contributed by atoms with E-state index < -0.39 is 15.4 Å². The van der Waals surface area contributed by atoms with Crippen molar-refractivity contribution in [2.24, 2.45) is 13.0 Å². The van der Waals surface area contributed by atoms with Crippen LogP contribution in [0.4, 0.5) is 0 Å². The molecule has 0 unspecified atom stereocenters. The molecule has 7 heteroatoms. The number of nitrogens with zero attached hydrogens (tertiary/aromatic N) is 2. The first-order chi connectivity index (χ1) is 9.21. The highest BCUT2D eigenvalue weighted by Gasteiger charge is 2.36. The summed E-state index contributed by atoms with van der Waals surface area (Å²) in [4.78, 5) is 4.00. The lowest BCUT2D eigenvalue weighted by atomic mass is 9.81. The molecule has 1 heterocycles. The molecule has 0 bridgehead atoms. The van der Waals surface area contributed by atoms with E-state index in [1.807, 2.05) is 0 Å². The van der Waals surface area contributed by atoms with Gasteiger partial charge in [-0.05, 0) is 31.6 Å². The molecule has 1 aromatic heterocycles. The van der Waals surface area contributed by atoms with Crippen LogP contribution < -0.4 is 0 Å². The highest BCUT2D eigenvalue weighted by Crippen LogP contribution is 2.33. The van der Waals surface area contributed by atoms with Gasteiger partial charge in [-0.25, -0.2) is 13.4 Å². The van der Waals surface area contributed by atoms with Gasteiger partial charge in [0.05, 0.1) is 17.6 Å². The number of rotatable bonds is 4. The molecular formula is C13H21ClN2O3S. The summed E-state index contributed by atoms with van der Waals surface area (Å²) in [5, 5.41) is 10.8. The van der Waals surface area contributed by atoms with Crippen molar-refractivity contribution in [2.45, 2.75) is 44.0 Å². The Kier molecular flexibility index (Phi) is 4.47. The Morgan fingerprint density at radius 3 is 2.60 bits per heavy atom. The molecule has 0 aliphatic heterocycles. The van der Waals surface area contributed by atoms with Crippen LogP contribution in [0.2, 0.25) is 5.15 Å². The lowest BCUT2D eigenvalue weighted by molar-refractivity contribution is 0.0135. The van der Waals surface area contributed by atoms with E-state index in [1.165, 1.54) is 6.20 Å². The maximum atomic E-state index is 12.3. The SMILES string of the molecule is CC1CCC(O)(CS(=O)(=O)Cc2ncc(Cl)n2C)CC1. The molecule has 5 nitrogen and oxygen atoms in total. The summed E-state index contributed by atoms with van der Waals surface area (Å²) < 4.78 is 26.1. The van der Waals surface area contributed by atoms with Gasteiger partial charge >= 0.3 is 0 Å². The number of hydrogen-bond donors (Lipinski definition) is 1. The second-order valence-corrected chi connectivity index (χ2v) is 8.45.